The van der Waals surface area contributed by atoms with Gasteiger partial charge in [-0.05, 0) is 127 Å². The van der Waals surface area contributed by atoms with Gasteiger partial charge in [0.25, 0.3) is 0 Å². The molecule has 5 aromatic carbocycles. The number of carboxylic acid groups (broad SMARTS) is 1. The number of phenols is 1. The number of aromatic hydroxyl groups is 1. The van der Waals surface area contributed by atoms with Crippen molar-refractivity contribution in [2.45, 2.75) is 218 Å². The number of thioether (sulfide) groups is 1. The van der Waals surface area contributed by atoms with E-state index in [2.05, 4.69) is 79.4 Å². The van der Waals surface area contributed by atoms with E-state index in [0.29, 0.717) is 33.2 Å². The van der Waals surface area contributed by atoms with Crippen molar-refractivity contribution in [3.8, 4) is 16.9 Å². The van der Waals surface area contributed by atoms with Gasteiger partial charge in [-0.3, -0.25) is 86.9 Å². The Morgan fingerprint density at radius 3 is 1.48 bits per heavy atom. The zero-order valence-corrected chi connectivity index (χ0v) is 80.3. The minimum atomic E-state index is -2.05. The summed E-state index contributed by atoms with van der Waals surface area (Å²) in [5.41, 5.74) is 21.1. The van der Waals surface area contributed by atoms with Gasteiger partial charge in [0.15, 0.2) is 5.96 Å². The highest BCUT2D eigenvalue weighted by Crippen LogP contribution is 2.25. The number of phenolic OH excluding ortho intramolecular Hbond substituents is 1. The molecule has 0 spiro atoms. The standard InChI is InChI=1S/C96H133N21O20S/c1-52(2)40-68-84(126)108-70(43-59-32-36-63(119)37-33-59)86(128)110-73(46-79(122)123)87(129)109-72(45-62-47-102-65-27-19-18-26-64(62)65)89(131)115-80(54(5)6)92(134)111-71(42-58-30-34-61(35-31-58)60-24-16-13-17-25-60)85(127)106-67(28-20-38-97)95(137)116(10)56(9)94(136)117(11)76(44-57-22-14-12-15-23-57)91(133)105-66(29-21-39-101-96(99)100)83(125)107-69(41-53(3)4)88(130)114-81(55(7)8)93(135)112-74(49-118)90(132)113-75(50-138-51-78(121)104-68)82(124)103-48-77(98)120/h12-19,22-27,30-37,47,52-56,66-76,80-81,102,118-119H,20-21,28-29,38-46,48-51,97H2,1-11H3,(H2,98,120)(H,103,124)(H,104,121)(H,105,133)(H,106,127)(H,107,125)(H,108,126)(H,109,129)(H,110,128)(H,111,134)(H,112,135)(H,113,132)(H,114,130)(H,115,131)(H,122,123)(H4,99,100,101)/t56-,66-,67-,68-,69-,70-,71-,72-,73-,74-,75-,76-,80-,81-/m0/s1. The average molecular weight is 1930 g/mol. The Morgan fingerprint density at radius 2 is 0.928 bits per heavy atom. The van der Waals surface area contributed by atoms with Crippen LogP contribution in [0, 0.1) is 29.1 Å². The number of hydrogen-bond acceptors (Lipinski definition) is 22. The van der Waals surface area contributed by atoms with Crippen molar-refractivity contribution in [3.63, 3.8) is 0 Å². The van der Waals surface area contributed by atoms with Crippen LogP contribution in [0.3, 0.4) is 0 Å². The van der Waals surface area contributed by atoms with Crippen LogP contribution in [0.25, 0.3) is 22.0 Å². The van der Waals surface area contributed by atoms with Crippen LogP contribution < -0.4 is 91.6 Å². The van der Waals surface area contributed by atoms with Gasteiger partial charge in [0.05, 0.1) is 25.3 Å². The number of fused-ring (bicyclic) bond motifs is 1. The first kappa shape index (κ1) is 111. The molecule has 7 rings (SSSR count). The second kappa shape index (κ2) is 54.6. The summed E-state index contributed by atoms with van der Waals surface area (Å²) in [5.74, 6) is -21.4. The molecule has 41 nitrogen and oxygen atoms in total. The fourth-order valence-corrected chi connectivity index (χ4v) is 16.2. The molecule has 748 valence electrons. The topological polar surface area (TPSA) is 643 Å². The first-order valence-electron chi connectivity index (χ1n) is 45.9. The Hall–Kier alpha value is -14.0. The quantitative estimate of drug-likeness (QED) is 0.0168. The lowest BCUT2D eigenvalue weighted by molar-refractivity contribution is -0.148. The highest BCUT2D eigenvalue weighted by atomic mass is 32.2. The van der Waals surface area contributed by atoms with Crippen LogP contribution in [0.5, 0.6) is 5.75 Å². The number of nitrogens with two attached hydrogens (primary N) is 3. The molecule has 1 aliphatic heterocycles. The molecule has 16 amide bonds. The van der Waals surface area contributed by atoms with Crippen molar-refractivity contribution in [3.05, 3.63) is 162 Å². The number of aliphatic hydroxyl groups is 1. The third-order valence-electron chi connectivity index (χ3n) is 23.1. The number of carboxylic acids is 1. The maximum absolute atomic E-state index is 15.5. The van der Waals surface area contributed by atoms with E-state index in [0.717, 1.165) is 32.7 Å². The predicted molar refractivity (Wildman–Crippen MR) is 516 cm³/mol. The normalized spacial score (nSPS) is 22.9. The summed E-state index contributed by atoms with van der Waals surface area (Å²) in [4.78, 5) is 254. The minimum absolute atomic E-state index is 0.000625. The number of H-pyrrole nitrogens is 1. The summed E-state index contributed by atoms with van der Waals surface area (Å²) in [6.45, 7) is 12.7. The number of para-hydroxylation sites is 1. The number of rotatable bonds is 28. The SMILES string of the molecule is CC(C)C[C@@H]1NC(=O)CSC[C@@H](C(=O)NCC(N)=O)NC(=O)[C@H](CO)NC(=O)[C@H](C(C)C)NC(=O)[C@H](CC(C)C)NC(=O)[C@H](CCCNC(=N)N)NC(=O)[C@H](Cc2ccccc2)N(C)C(=O)[C@H](C)N(C)C(=O)[C@H](CCCN)NC(=O)[C@H](Cc2ccc(-c3ccccc3)cc2)NC(=O)[C@H](C(C)C)NC(=O)[C@H](Cc2c[nH]c3ccccc23)NC(=O)[C@H](CC(=O)O)NC(=O)[C@H](Cc2ccc(O)cc2)NC1=O. The first-order valence-corrected chi connectivity index (χ1v) is 47.0. The van der Waals surface area contributed by atoms with E-state index < -0.39 is 240 Å². The molecule has 25 N–H and O–H groups in total. The number of aromatic amines is 1. The van der Waals surface area contributed by atoms with Gasteiger partial charge < -0.3 is 122 Å². The number of aromatic nitrogens is 1. The first-order chi connectivity index (χ1) is 65.4. The van der Waals surface area contributed by atoms with E-state index in [1.54, 1.807) is 127 Å². The van der Waals surface area contributed by atoms with Gasteiger partial charge in [0.2, 0.25) is 94.5 Å². The van der Waals surface area contributed by atoms with Gasteiger partial charge >= 0.3 is 5.97 Å². The van der Waals surface area contributed by atoms with E-state index in [-0.39, 0.29) is 88.5 Å². The lowest BCUT2D eigenvalue weighted by atomic mass is 9.98. The summed E-state index contributed by atoms with van der Waals surface area (Å²) < 4.78 is 0. The average Bonchev–Trinajstić information content (AvgIpc) is 1.78. The molecule has 0 bridgehead atoms. The summed E-state index contributed by atoms with van der Waals surface area (Å²) in [6, 6.07) is 14.7. The Balaban J connectivity index is 1.34. The highest BCUT2D eigenvalue weighted by Gasteiger charge is 2.42. The van der Waals surface area contributed by atoms with Crippen molar-refractivity contribution in [1.82, 2.24) is 89.2 Å². The fourth-order valence-electron chi connectivity index (χ4n) is 15.4. The molecule has 1 fully saturated rings. The van der Waals surface area contributed by atoms with Crippen LogP contribution in [0.4, 0.5) is 0 Å². The van der Waals surface area contributed by atoms with Crippen LogP contribution >= 0.6 is 11.8 Å². The number of amides is 16. The van der Waals surface area contributed by atoms with E-state index >= 15 is 43.2 Å². The Morgan fingerprint density at radius 1 is 0.478 bits per heavy atom. The number of likely N-dealkylation sites (N-methyl/N-ethyl adjacent to an activating group) is 2. The lowest BCUT2D eigenvalue weighted by Gasteiger charge is -2.35. The second-order valence-corrected chi connectivity index (χ2v) is 36.8. The molecule has 0 unspecified atom stereocenters. The van der Waals surface area contributed by atoms with Gasteiger partial charge in [0, 0.05) is 69.2 Å². The van der Waals surface area contributed by atoms with Crippen LogP contribution in [0.2, 0.25) is 0 Å². The number of primary amides is 1. The van der Waals surface area contributed by atoms with Crippen LogP contribution in [-0.2, 0) is 107 Å². The summed E-state index contributed by atoms with van der Waals surface area (Å²) in [7, 11) is 2.62. The molecule has 6 aromatic rings. The van der Waals surface area contributed by atoms with Gasteiger partial charge in [-0.25, -0.2) is 0 Å². The number of carbonyl (C=O) groups is 17. The van der Waals surface area contributed by atoms with Crippen molar-refractivity contribution >= 4 is 129 Å². The molecule has 14 atom stereocenters. The molecule has 0 aliphatic carbocycles. The molecule has 0 radical (unpaired) electrons. The maximum Gasteiger partial charge on any atom is 0.305 e. The molecule has 2 heterocycles. The van der Waals surface area contributed by atoms with Crippen molar-refractivity contribution in [2.75, 3.05) is 51.8 Å². The maximum atomic E-state index is 15.5. The number of aliphatic carboxylic acids is 1. The third-order valence-corrected chi connectivity index (χ3v) is 24.1. The van der Waals surface area contributed by atoms with Gasteiger partial charge in [-0.2, -0.15) is 0 Å². The van der Waals surface area contributed by atoms with Crippen molar-refractivity contribution < 1.29 is 96.8 Å². The highest BCUT2D eigenvalue weighted by molar-refractivity contribution is 8.00. The number of hydrogen-bond donors (Lipinski definition) is 22. The van der Waals surface area contributed by atoms with Crippen LogP contribution in [0.1, 0.15) is 130 Å². The van der Waals surface area contributed by atoms with Gasteiger partial charge in [0.1, 0.15) is 90.3 Å². The van der Waals surface area contributed by atoms with Crippen molar-refractivity contribution in [1.29, 1.82) is 5.41 Å². The Kier molecular flexibility index (Phi) is 43.9. The van der Waals surface area contributed by atoms with E-state index in [4.69, 9.17) is 22.6 Å². The van der Waals surface area contributed by atoms with Crippen LogP contribution in [0.15, 0.2) is 140 Å². The number of aliphatic hydroxyl groups excluding tert-OH is 1. The Bertz CT molecular complexity index is 5200. The molecule has 1 aromatic heterocycles. The van der Waals surface area contributed by atoms with Gasteiger partial charge in [-0.15, -0.1) is 11.8 Å². The molecule has 138 heavy (non-hydrogen) atoms. The molecule has 1 aliphatic rings. The largest absolute Gasteiger partial charge is 0.508 e. The number of carbonyl (C=O) groups excluding carboxylic acids is 16. The Labute approximate surface area is 805 Å². The zero-order valence-electron chi connectivity index (χ0n) is 79.5. The molecule has 42 heteroatoms. The zero-order chi connectivity index (χ0) is 102. The van der Waals surface area contributed by atoms with Gasteiger partial charge in [-0.1, -0.05) is 171 Å². The lowest BCUT2D eigenvalue weighted by Crippen LogP contribution is -2.62. The minimum Gasteiger partial charge on any atom is -0.508 e. The molecular weight excluding hydrogens is 1800 g/mol. The molecule has 0 saturated carbocycles. The monoisotopic (exact) mass is 1930 g/mol. The third kappa shape index (κ3) is 35.0. The van der Waals surface area contributed by atoms with E-state index in [1.807, 2.05) is 30.3 Å². The fraction of sp³-hybridized carbons (Fsp3) is 0.479. The summed E-state index contributed by atoms with van der Waals surface area (Å²) >= 11 is 0.722. The number of benzene rings is 5. The van der Waals surface area contributed by atoms with E-state index in [9.17, 15) is 53.7 Å². The van der Waals surface area contributed by atoms with E-state index in [1.165, 1.54) is 59.1 Å². The number of nitrogens with one attached hydrogen (secondary N) is 16. The predicted octanol–water partition coefficient (Wildman–Crippen LogP) is -0.476. The second-order valence-electron chi connectivity index (χ2n) is 35.8. The smallest absolute Gasteiger partial charge is 0.305 e. The van der Waals surface area contributed by atoms with Crippen LogP contribution in [-0.4, -0.2) is 273 Å². The number of guanidine groups is 1. The summed E-state index contributed by atoms with van der Waals surface area (Å²) in [6.07, 6.45) is -1.09. The molecule has 1 saturated heterocycles. The summed E-state index contributed by atoms with van der Waals surface area (Å²) in [5, 5.41) is 76.5. The molecular formula is C96H133N21O20S. The van der Waals surface area contributed by atoms with Crippen molar-refractivity contribution in [2.24, 2.45) is 40.9 Å². The number of nitrogens with zero attached hydrogens (tertiary/aromatic N) is 2.